The number of aryl methyl sites for hydroxylation is 2. The minimum Gasteiger partial charge on any atom is -0.456 e. The van der Waals surface area contributed by atoms with E-state index in [-0.39, 0.29) is 0 Å². The van der Waals surface area contributed by atoms with Gasteiger partial charge in [-0.15, -0.1) is 0 Å². The van der Waals surface area contributed by atoms with Gasteiger partial charge in [-0.05, 0) is 144 Å². The van der Waals surface area contributed by atoms with Crippen molar-refractivity contribution in [1.29, 1.82) is 0 Å². The molecule has 5 nitrogen and oxygen atoms in total. The van der Waals surface area contributed by atoms with E-state index in [2.05, 4.69) is 194 Å². The van der Waals surface area contributed by atoms with Gasteiger partial charge in [-0.25, -0.2) is 0 Å². The molecule has 10 aromatic carbocycles. The van der Waals surface area contributed by atoms with Crippen LogP contribution in [0.15, 0.2) is 207 Å². The van der Waals surface area contributed by atoms with Crippen LogP contribution in [0.4, 0.5) is 34.1 Å². The Labute approximate surface area is 362 Å². The van der Waals surface area contributed by atoms with Gasteiger partial charge < -0.3 is 23.1 Å². The second kappa shape index (κ2) is 13.6. The molecule has 0 radical (unpaired) electrons. The molecule has 298 valence electrons. The van der Waals surface area contributed by atoms with Crippen LogP contribution in [0.3, 0.4) is 0 Å². The molecule has 0 aliphatic rings. The Hall–Kier alpha value is -8.28. The average Bonchev–Trinajstić information content (AvgIpc) is 3.99. The average molecular weight is 811 g/mol. The van der Waals surface area contributed by atoms with Gasteiger partial charge in [-0.3, -0.25) is 0 Å². The number of nitrogens with zero attached hydrogens (tertiary/aromatic N) is 2. The fourth-order valence-electron chi connectivity index (χ4n) is 9.72. The van der Waals surface area contributed by atoms with E-state index < -0.39 is 0 Å². The van der Waals surface area contributed by atoms with Gasteiger partial charge in [0.2, 0.25) is 0 Å². The largest absolute Gasteiger partial charge is 0.456 e. The number of fused-ring (bicyclic) bond motifs is 11. The molecule has 13 rings (SSSR count). The number of furan rings is 3. The van der Waals surface area contributed by atoms with Gasteiger partial charge in [0, 0.05) is 55.1 Å². The third kappa shape index (κ3) is 5.63. The normalized spacial score (nSPS) is 12.0. The topological polar surface area (TPSA) is 45.9 Å². The monoisotopic (exact) mass is 810 g/mol. The zero-order valence-electron chi connectivity index (χ0n) is 34.6. The summed E-state index contributed by atoms with van der Waals surface area (Å²) < 4.78 is 19.9. The molecule has 0 amide bonds. The fourth-order valence-corrected chi connectivity index (χ4v) is 9.72. The van der Waals surface area contributed by atoms with E-state index in [0.29, 0.717) is 0 Å². The van der Waals surface area contributed by atoms with Gasteiger partial charge in [0.1, 0.15) is 22.3 Å². The van der Waals surface area contributed by atoms with Crippen LogP contribution in [0.2, 0.25) is 0 Å². The fraction of sp³-hybridized carbons (Fsp3) is 0.0345. The van der Waals surface area contributed by atoms with E-state index in [0.717, 1.165) is 121 Å². The highest BCUT2D eigenvalue weighted by Crippen LogP contribution is 2.46. The first-order valence-corrected chi connectivity index (χ1v) is 21.4. The van der Waals surface area contributed by atoms with E-state index >= 15 is 0 Å². The van der Waals surface area contributed by atoms with Crippen molar-refractivity contribution in [3.63, 3.8) is 0 Å². The highest BCUT2D eigenvalue weighted by molar-refractivity contribution is 6.15. The van der Waals surface area contributed by atoms with Crippen LogP contribution in [0.25, 0.3) is 87.4 Å². The number of hydrogen-bond acceptors (Lipinski definition) is 5. The molecule has 0 unspecified atom stereocenters. The van der Waals surface area contributed by atoms with Gasteiger partial charge >= 0.3 is 0 Å². The van der Waals surface area contributed by atoms with Crippen molar-refractivity contribution in [2.75, 3.05) is 9.80 Å². The molecule has 3 aromatic heterocycles. The van der Waals surface area contributed by atoms with Crippen molar-refractivity contribution >= 4 is 121 Å². The summed E-state index contributed by atoms with van der Waals surface area (Å²) in [7, 11) is 0. The molecule has 63 heavy (non-hydrogen) atoms. The first-order chi connectivity index (χ1) is 31.0. The highest BCUT2D eigenvalue weighted by Gasteiger charge is 2.22. The lowest BCUT2D eigenvalue weighted by Gasteiger charge is -2.26. The first kappa shape index (κ1) is 35.5. The lowest BCUT2D eigenvalue weighted by atomic mass is 10.0. The number of hydrogen-bond donors (Lipinski definition) is 0. The SMILES string of the molecule is Cc1cccc(N(c2ccc3cc4c(cc3c2)oc2cc3cc(N(c5cccc(C)c5)c5cccc6c5oc5ccccc56)ccc3cc24)c2cccc3c2oc2ccccc23)c1. The Morgan fingerprint density at radius 3 is 1.19 bits per heavy atom. The summed E-state index contributed by atoms with van der Waals surface area (Å²) in [5.74, 6) is 0. The minimum absolute atomic E-state index is 0.852. The number of benzene rings is 10. The molecule has 0 bridgehead atoms. The Balaban J connectivity index is 0.946. The maximum Gasteiger partial charge on any atom is 0.159 e. The third-order valence-corrected chi connectivity index (χ3v) is 12.6. The van der Waals surface area contributed by atoms with Crippen molar-refractivity contribution in [3.8, 4) is 0 Å². The summed E-state index contributed by atoms with van der Waals surface area (Å²) in [6.07, 6.45) is 0. The van der Waals surface area contributed by atoms with Crippen LogP contribution in [0, 0.1) is 13.8 Å². The van der Waals surface area contributed by atoms with Gasteiger partial charge in [0.15, 0.2) is 11.2 Å². The molecule has 0 saturated carbocycles. The van der Waals surface area contributed by atoms with Crippen LogP contribution in [0.1, 0.15) is 11.1 Å². The van der Waals surface area contributed by atoms with Gasteiger partial charge in [0.25, 0.3) is 0 Å². The number of para-hydroxylation sites is 4. The maximum absolute atomic E-state index is 6.76. The van der Waals surface area contributed by atoms with E-state index in [1.165, 1.54) is 11.1 Å². The van der Waals surface area contributed by atoms with Crippen LogP contribution in [-0.4, -0.2) is 0 Å². The van der Waals surface area contributed by atoms with E-state index in [4.69, 9.17) is 13.3 Å². The second-order valence-corrected chi connectivity index (χ2v) is 16.7. The second-order valence-electron chi connectivity index (χ2n) is 16.7. The molecule has 0 atom stereocenters. The molecule has 0 N–H and O–H groups in total. The Bertz CT molecular complexity index is 3720. The minimum atomic E-state index is 0.852. The van der Waals surface area contributed by atoms with Gasteiger partial charge in [-0.2, -0.15) is 0 Å². The number of anilines is 6. The van der Waals surface area contributed by atoms with Crippen molar-refractivity contribution < 1.29 is 13.3 Å². The van der Waals surface area contributed by atoms with Crippen molar-refractivity contribution in [1.82, 2.24) is 0 Å². The molecule has 5 heteroatoms. The van der Waals surface area contributed by atoms with Crippen LogP contribution >= 0.6 is 0 Å². The quantitative estimate of drug-likeness (QED) is 0.167. The summed E-state index contributed by atoms with van der Waals surface area (Å²) in [4.78, 5) is 4.61. The standard InChI is InChI=1S/C58H38N2O3/c1-35-11-7-13-41(27-35)59(51-19-9-17-47-45-15-3-5-21-53(45)62-57(47)51)43-25-23-37-31-49-50-32-38-24-26-44(30-40(38)34-56(50)61-55(49)33-39(37)29-43)60(42-14-8-12-36(2)28-42)52-20-10-18-48-46-16-4-6-22-54(46)63-58(48)52/h3-34H,1-2H3. The summed E-state index contributed by atoms with van der Waals surface area (Å²) in [6.45, 7) is 4.27. The molecule has 0 spiro atoms. The summed E-state index contributed by atoms with van der Waals surface area (Å²) in [6, 6.07) is 68.9. The first-order valence-electron chi connectivity index (χ1n) is 21.4. The molecule has 3 heterocycles. The Morgan fingerprint density at radius 2 is 0.714 bits per heavy atom. The predicted octanol–water partition coefficient (Wildman–Crippen LogP) is 17.2. The summed E-state index contributed by atoms with van der Waals surface area (Å²) >= 11 is 0. The van der Waals surface area contributed by atoms with E-state index in [1.807, 2.05) is 24.3 Å². The molecule has 0 fully saturated rings. The Morgan fingerprint density at radius 1 is 0.286 bits per heavy atom. The zero-order chi connectivity index (χ0) is 41.8. The van der Waals surface area contributed by atoms with E-state index in [9.17, 15) is 0 Å². The van der Waals surface area contributed by atoms with Crippen LogP contribution in [-0.2, 0) is 0 Å². The summed E-state index contributed by atoms with van der Waals surface area (Å²) in [5, 5.41) is 11.1. The smallest absolute Gasteiger partial charge is 0.159 e. The molecule has 13 aromatic rings. The predicted molar refractivity (Wildman–Crippen MR) is 262 cm³/mol. The molecule has 0 aliphatic heterocycles. The van der Waals surface area contributed by atoms with Gasteiger partial charge in [-0.1, -0.05) is 97.1 Å². The lowest BCUT2D eigenvalue weighted by Crippen LogP contribution is -2.10. The van der Waals surface area contributed by atoms with E-state index in [1.54, 1.807) is 0 Å². The zero-order valence-corrected chi connectivity index (χ0v) is 34.6. The van der Waals surface area contributed by atoms with Crippen LogP contribution in [0.5, 0.6) is 0 Å². The van der Waals surface area contributed by atoms with Crippen molar-refractivity contribution in [2.45, 2.75) is 13.8 Å². The molecular weight excluding hydrogens is 773 g/mol. The molecule has 0 aliphatic carbocycles. The molecule has 0 saturated heterocycles. The lowest BCUT2D eigenvalue weighted by molar-refractivity contribution is 0.668. The van der Waals surface area contributed by atoms with Gasteiger partial charge in [0.05, 0.1) is 11.4 Å². The van der Waals surface area contributed by atoms with Crippen LogP contribution < -0.4 is 9.80 Å². The third-order valence-electron chi connectivity index (χ3n) is 12.6. The molecular formula is C58H38N2O3. The highest BCUT2D eigenvalue weighted by atomic mass is 16.3. The van der Waals surface area contributed by atoms with Crippen molar-refractivity contribution in [3.05, 3.63) is 205 Å². The number of rotatable bonds is 6. The Kier molecular flexibility index (Phi) is 7.67. The van der Waals surface area contributed by atoms with Crippen molar-refractivity contribution in [2.24, 2.45) is 0 Å². The maximum atomic E-state index is 6.76. The summed E-state index contributed by atoms with van der Waals surface area (Å²) in [5.41, 5.74) is 13.7.